The van der Waals surface area contributed by atoms with Crippen molar-refractivity contribution in [2.24, 2.45) is 5.92 Å². The van der Waals surface area contributed by atoms with Gasteiger partial charge < -0.3 is 10.2 Å². The van der Waals surface area contributed by atoms with Crippen molar-refractivity contribution in [2.75, 3.05) is 31.1 Å². The molecule has 1 N–H and O–H groups in total. The third-order valence-corrected chi connectivity index (χ3v) is 5.87. The third-order valence-electron chi connectivity index (χ3n) is 4.71. The van der Waals surface area contributed by atoms with Crippen molar-refractivity contribution in [3.05, 3.63) is 16.8 Å². The highest BCUT2D eigenvalue weighted by atomic mass is 32.1. The van der Waals surface area contributed by atoms with E-state index in [0.29, 0.717) is 0 Å². The molecule has 1 saturated heterocycles. The van der Waals surface area contributed by atoms with Crippen LogP contribution in [-0.4, -0.2) is 36.1 Å². The second kappa shape index (κ2) is 5.54. The zero-order valence-electron chi connectivity index (χ0n) is 12.6. The van der Waals surface area contributed by atoms with Gasteiger partial charge in [-0.1, -0.05) is 6.92 Å². The second-order valence-electron chi connectivity index (χ2n) is 6.32. The molecule has 5 heteroatoms. The maximum atomic E-state index is 4.67. The summed E-state index contributed by atoms with van der Waals surface area (Å²) in [5.41, 5.74) is 1.54. The first-order chi connectivity index (χ1) is 10.3. The van der Waals surface area contributed by atoms with Crippen LogP contribution in [0.3, 0.4) is 0 Å². The Morgan fingerprint density at radius 3 is 3.19 bits per heavy atom. The summed E-state index contributed by atoms with van der Waals surface area (Å²) in [5, 5.41) is 4.83. The fraction of sp³-hybridized carbons (Fsp3) is 0.625. The average Bonchev–Trinajstić information content (AvgIpc) is 2.68. The Morgan fingerprint density at radius 2 is 2.24 bits per heavy atom. The van der Waals surface area contributed by atoms with Crippen molar-refractivity contribution in [3.8, 4) is 0 Å². The molecular formula is C16H22N4S. The van der Waals surface area contributed by atoms with Crippen LogP contribution in [-0.2, 0) is 12.8 Å². The molecule has 1 unspecified atom stereocenters. The molecule has 0 radical (unpaired) electrons. The van der Waals surface area contributed by atoms with Crippen LogP contribution in [0.15, 0.2) is 6.33 Å². The number of hydrogen-bond donors (Lipinski definition) is 1. The Morgan fingerprint density at radius 1 is 1.29 bits per heavy atom. The molecule has 21 heavy (non-hydrogen) atoms. The van der Waals surface area contributed by atoms with Gasteiger partial charge in [0.1, 0.15) is 17.0 Å². The molecule has 3 heterocycles. The van der Waals surface area contributed by atoms with Gasteiger partial charge in [-0.3, -0.25) is 0 Å². The SMILES string of the molecule is CC1CCc2c(sc3ncnc(N4CCCNCC4)c23)C1. The summed E-state index contributed by atoms with van der Waals surface area (Å²) in [7, 11) is 0. The van der Waals surface area contributed by atoms with Gasteiger partial charge in [0.15, 0.2) is 0 Å². The monoisotopic (exact) mass is 302 g/mol. The van der Waals surface area contributed by atoms with Gasteiger partial charge in [-0.05, 0) is 43.7 Å². The van der Waals surface area contributed by atoms with Gasteiger partial charge in [0.2, 0.25) is 0 Å². The Balaban J connectivity index is 1.81. The molecule has 112 valence electrons. The van der Waals surface area contributed by atoms with E-state index in [0.717, 1.165) is 32.1 Å². The van der Waals surface area contributed by atoms with E-state index in [9.17, 15) is 0 Å². The Bertz CT molecular complexity index is 643. The standard InChI is InChI=1S/C16H22N4S/c1-11-3-4-12-13(9-11)21-16-14(12)15(18-10-19-16)20-7-2-5-17-6-8-20/h10-11,17H,2-9H2,1H3. The normalized spacial score (nSPS) is 23.1. The fourth-order valence-corrected chi connectivity index (χ4v) is 4.90. The summed E-state index contributed by atoms with van der Waals surface area (Å²) in [6.07, 6.45) is 6.66. The van der Waals surface area contributed by atoms with Gasteiger partial charge >= 0.3 is 0 Å². The summed E-state index contributed by atoms with van der Waals surface area (Å²) >= 11 is 1.89. The zero-order valence-corrected chi connectivity index (χ0v) is 13.4. The third kappa shape index (κ3) is 2.42. The predicted octanol–water partition coefficient (Wildman–Crippen LogP) is 2.62. The molecule has 2 aliphatic rings. The molecule has 4 nitrogen and oxygen atoms in total. The number of thiophene rings is 1. The minimum absolute atomic E-state index is 0.810. The molecule has 0 amide bonds. The summed E-state index contributed by atoms with van der Waals surface area (Å²) in [5.74, 6) is 1.99. The quantitative estimate of drug-likeness (QED) is 0.879. The highest BCUT2D eigenvalue weighted by Gasteiger charge is 2.25. The summed E-state index contributed by atoms with van der Waals surface area (Å²) in [4.78, 5) is 14.4. The van der Waals surface area contributed by atoms with E-state index in [-0.39, 0.29) is 0 Å². The van der Waals surface area contributed by atoms with E-state index in [2.05, 4.69) is 27.1 Å². The molecule has 1 atom stereocenters. The van der Waals surface area contributed by atoms with E-state index < -0.39 is 0 Å². The molecule has 4 rings (SSSR count). The van der Waals surface area contributed by atoms with Gasteiger partial charge in [-0.25, -0.2) is 9.97 Å². The summed E-state index contributed by atoms with van der Waals surface area (Å²) in [6.45, 7) is 6.67. The van der Waals surface area contributed by atoms with E-state index in [1.54, 1.807) is 16.8 Å². The van der Waals surface area contributed by atoms with Crippen LogP contribution in [0.2, 0.25) is 0 Å². The van der Waals surface area contributed by atoms with Gasteiger partial charge in [-0.15, -0.1) is 11.3 Å². The molecular weight excluding hydrogens is 280 g/mol. The van der Waals surface area contributed by atoms with Crippen LogP contribution >= 0.6 is 11.3 Å². The topological polar surface area (TPSA) is 41.1 Å². The first-order valence-corrected chi connectivity index (χ1v) is 8.85. The number of aromatic nitrogens is 2. The Hall–Kier alpha value is -1.20. The first-order valence-electron chi connectivity index (χ1n) is 8.04. The van der Waals surface area contributed by atoms with Crippen molar-refractivity contribution in [3.63, 3.8) is 0 Å². The number of hydrogen-bond acceptors (Lipinski definition) is 5. The number of fused-ring (bicyclic) bond motifs is 3. The molecule has 0 spiro atoms. The van der Waals surface area contributed by atoms with Crippen LogP contribution in [0.5, 0.6) is 0 Å². The van der Waals surface area contributed by atoms with Gasteiger partial charge in [-0.2, -0.15) is 0 Å². The molecule has 0 saturated carbocycles. The minimum Gasteiger partial charge on any atom is -0.355 e. The average molecular weight is 302 g/mol. The van der Waals surface area contributed by atoms with E-state index in [4.69, 9.17) is 0 Å². The predicted molar refractivity (Wildman–Crippen MR) is 88.3 cm³/mol. The molecule has 1 aliphatic heterocycles. The maximum Gasteiger partial charge on any atom is 0.141 e. The van der Waals surface area contributed by atoms with Crippen LogP contribution in [0.25, 0.3) is 10.2 Å². The number of rotatable bonds is 1. The molecule has 2 aromatic rings. The van der Waals surface area contributed by atoms with Crippen molar-refractivity contribution < 1.29 is 0 Å². The van der Waals surface area contributed by atoms with E-state index in [1.165, 1.54) is 41.7 Å². The van der Waals surface area contributed by atoms with Gasteiger partial charge in [0.05, 0.1) is 5.39 Å². The first kappa shape index (κ1) is 13.5. The van der Waals surface area contributed by atoms with Crippen molar-refractivity contribution in [1.82, 2.24) is 15.3 Å². The lowest BCUT2D eigenvalue weighted by molar-refractivity contribution is 0.509. The fourth-order valence-electron chi connectivity index (χ4n) is 3.56. The molecule has 1 aliphatic carbocycles. The van der Waals surface area contributed by atoms with E-state index in [1.807, 2.05) is 11.3 Å². The maximum absolute atomic E-state index is 4.67. The number of nitrogens with zero attached hydrogens (tertiary/aromatic N) is 3. The molecule has 0 aromatic carbocycles. The van der Waals surface area contributed by atoms with Gasteiger partial charge in [0.25, 0.3) is 0 Å². The largest absolute Gasteiger partial charge is 0.355 e. The Labute approximate surface area is 129 Å². The summed E-state index contributed by atoms with van der Waals surface area (Å²) in [6, 6.07) is 0. The number of aryl methyl sites for hydroxylation is 1. The van der Waals surface area contributed by atoms with Crippen LogP contribution in [0, 0.1) is 5.92 Å². The molecule has 2 aromatic heterocycles. The summed E-state index contributed by atoms with van der Waals surface area (Å²) < 4.78 is 0. The lowest BCUT2D eigenvalue weighted by Crippen LogP contribution is -2.29. The van der Waals surface area contributed by atoms with Gasteiger partial charge in [0, 0.05) is 24.5 Å². The van der Waals surface area contributed by atoms with E-state index >= 15 is 0 Å². The highest BCUT2D eigenvalue weighted by molar-refractivity contribution is 7.19. The zero-order chi connectivity index (χ0) is 14.2. The van der Waals surface area contributed by atoms with Crippen LogP contribution in [0.1, 0.15) is 30.2 Å². The lowest BCUT2D eigenvalue weighted by Gasteiger charge is -2.23. The van der Waals surface area contributed by atoms with Crippen LogP contribution < -0.4 is 10.2 Å². The van der Waals surface area contributed by atoms with Crippen molar-refractivity contribution in [1.29, 1.82) is 0 Å². The molecule has 1 fully saturated rings. The second-order valence-corrected chi connectivity index (χ2v) is 7.40. The number of nitrogens with one attached hydrogen (secondary N) is 1. The molecule has 0 bridgehead atoms. The van der Waals surface area contributed by atoms with Crippen molar-refractivity contribution in [2.45, 2.75) is 32.6 Å². The van der Waals surface area contributed by atoms with Crippen LogP contribution in [0.4, 0.5) is 5.82 Å². The lowest BCUT2D eigenvalue weighted by atomic mass is 9.89. The highest BCUT2D eigenvalue weighted by Crippen LogP contribution is 2.40. The minimum atomic E-state index is 0.810. The smallest absolute Gasteiger partial charge is 0.141 e. The number of anilines is 1. The van der Waals surface area contributed by atoms with Crippen molar-refractivity contribution >= 4 is 27.4 Å². The Kier molecular flexibility index (Phi) is 3.55.